The van der Waals surface area contributed by atoms with Gasteiger partial charge in [0.25, 0.3) is 0 Å². The molecule has 0 unspecified atom stereocenters. The number of benzene rings is 1. The molecule has 0 aliphatic carbocycles. The molecule has 13 heteroatoms. The maximum atomic E-state index is 12.9. The van der Waals surface area contributed by atoms with Gasteiger partial charge in [0, 0.05) is 37.2 Å². The van der Waals surface area contributed by atoms with Crippen LogP contribution >= 0.6 is 48.8 Å². The molecule has 2 aromatic heterocycles. The van der Waals surface area contributed by atoms with Crippen LogP contribution in [0.4, 0.5) is 33.6 Å². The Morgan fingerprint density at radius 2 is 1.92 bits per heavy atom. The summed E-state index contributed by atoms with van der Waals surface area (Å²) in [4.78, 5) is 27.8. The summed E-state index contributed by atoms with van der Waals surface area (Å²) in [7, 11) is 1.84. The highest BCUT2D eigenvalue weighted by atomic mass is 35.5. The van der Waals surface area contributed by atoms with E-state index in [1.807, 2.05) is 37.5 Å². The number of halogens is 4. The monoisotopic (exact) mass is 572 g/mol. The van der Waals surface area contributed by atoms with Crippen molar-refractivity contribution in [3.63, 3.8) is 0 Å². The van der Waals surface area contributed by atoms with Crippen LogP contribution in [0.25, 0.3) is 0 Å². The zero-order chi connectivity index (χ0) is 22.8. The van der Waals surface area contributed by atoms with Gasteiger partial charge >= 0.3 is 6.03 Å². The minimum Gasteiger partial charge on any atom is -0.339 e. The summed E-state index contributed by atoms with van der Waals surface area (Å²) >= 11 is 6.33. The fourth-order valence-corrected chi connectivity index (χ4v) is 4.23. The highest BCUT2D eigenvalue weighted by molar-refractivity contribution is 6.32. The van der Waals surface area contributed by atoms with E-state index in [0.717, 1.165) is 60.5 Å². The first-order valence-electron chi connectivity index (χ1n) is 10.9. The van der Waals surface area contributed by atoms with E-state index >= 15 is 0 Å². The Labute approximate surface area is 233 Å². The van der Waals surface area contributed by atoms with Gasteiger partial charge in [-0.25, -0.2) is 9.78 Å². The van der Waals surface area contributed by atoms with Crippen molar-refractivity contribution < 1.29 is 4.79 Å². The molecule has 3 aromatic rings. The molecule has 194 valence electrons. The Bertz CT molecular complexity index is 1190. The molecule has 0 saturated carbocycles. The summed E-state index contributed by atoms with van der Waals surface area (Å²) in [5.41, 5.74) is 4.49. The van der Waals surface area contributed by atoms with Gasteiger partial charge in [-0.1, -0.05) is 11.6 Å². The second-order valence-electron chi connectivity index (χ2n) is 8.28. The number of rotatable bonds is 2. The molecule has 1 fully saturated rings. The highest BCUT2D eigenvalue weighted by Gasteiger charge is 2.23. The van der Waals surface area contributed by atoms with Crippen molar-refractivity contribution in [3.8, 4) is 0 Å². The number of aryl methyl sites for hydroxylation is 2. The van der Waals surface area contributed by atoms with Crippen LogP contribution < -0.4 is 21.3 Å². The molecule has 2 aliphatic rings. The lowest BCUT2D eigenvalue weighted by Gasteiger charge is -2.25. The second-order valence-corrected chi connectivity index (χ2v) is 8.69. The summed E-state index contributed by atoms with van der Waals surface area (Å²) in [5, 5.41) is 13.3. The van der Waals surface area contributed by atoms with Gasteiger partial charge in [-0.15, -0.1) is 37.2 Å². The van der Waals surface area contributed by atoms with Crippen LogP contribution in [0.15, 0.2) is 42.9 Å². The lowest BCUT2D eigenvalue weighted by atomic mass is 10.0. The topological polar surface area (TPSA) is 107 Å². The van der Waals surface area contributed by atoms with E-state index in [4.69, 9.17) is 11.6 Å². The molecule has 9 nitrogen and oxygen atoms in total. The first-order valence-corrected chi connectivity index (χ1v) is 11.3. The predicted octanol–water partition coefficient (Wildman–Crippen LogP) is 5.20. The number of nitrogens with zero attached hydrogens (tertiary/aromatic N) is 4. The van der Waals surface area contributed by atoms with Crippen molar-refractivity contribution >= 4 is 83.7 Å². The van der Waals surface area contributed by atoms with Gasteiger partial charge in [-0.05, 0) is 61.2 Å². The largest absolute Gasteiger partial charge is 0.339 e. The van der Waals surface area contributed by atoms with Crippen LogP contribution in [-0.4, -0.2) is 52.1 Å². The van der Waals surface area contributed by atoms with Crippen molar-refractivity contribution in [1.29, 1.82) is 0 Å². The number of nitrogens with one attached hydrogen (secondary N) is 4. The molecule has 2 aliphatic heterocycles. The van der Waals surface area contributed by atoms with Gasteiger partial charge in [0.1, 0.15) is 5.02 Å². The fraction of sp³-hybridized carbons (Fsp3) is 0.304. The molecule has 6 bridgehead atoms. The number of amides is 2. The van der Waals surface area contributed by atoms with Gasteiger partial charge in [0.2, 0.25) is 5.95 Å². The predicted molar refractivity (Wildman–Crippen MR) is 151 cm³/mol. The quantitative estimate of drug-likeness (QED) is 0.334. The van der Waals surface area contributed by atoms with Crippen LogP contribution in [0, 0.1) is 0 Å². The molecule has 1 atom stereocenters. The molecular weight excluding hydrogens is 546 g/mol. The third-order valence-electron chi connectivity index (χ3n) is 5.99. The number of carbonyl (C=O) groups excluding carboxylic acids is 1. The Morgan fingerprint density at radius 1 is 1.08 bits per heavy atom. The van der Waals surface area contributed by atoms with E-state index in [0.29, 0.717) is 16.8 Å². The van der Waals surface area contributed by atoms with Crippen LogP contribution in [-0.2, 0) is 12.8 Å². The average Bonchev–Trinajstić information content (AvgIpc) is 3.35. The molecular formula is C23H28Cl4N8O. The van der Waals surface area contributed by atoms with Crippen molar-refractivity contribution in [2.75, 3.05) is 36.1 Å². The van der Waals surface area contributed by atoms with Crippen molar-refractivity contribution in [2.24, 2.45) is 0 Å². The molecule has 1 aromatic carbocycles. The van der Waals surface area contributed by atoms with Crippen molar-refractivity contribution in [1.82, 2.24) is 25.2 Å². The lowest BCUT2D eigenvalue weighted by molar-refractivity contribution is 0.207. The van der Waals surface area contributed by atoms with E-state index in [2.05, 4.69) is 36.2 Å². The average molecular weight is 574 g/mol. The molecule has 0 spiro atoms. The number of urea groups is 1. The molecule has 4 heterocycles. The normalized spacial score (nSPS) is 15.6. The lowest BCUT2D eigenvalue weighted by Crippen LogP contribution is -2.41. The zero-order valence-electron chi connectivity index (χ0n) is 19.5. The minimum atomic E-state index is -0.111. The summed E-state index contributed by atoms with van der Waals surface area (Å²) in [6.07, 6.45) is 7.57. The number of carbonyl (C=O) groups is 1. The van der Waals surface area contributed by atoms with E-state index in [1.165, 1.54) is 0 Å². The van der Waals surface area contributed by atoms with Gasteiger partial charge in [-0.3, -0.25) is 4.98 Å². The number of hydrogen-bond donors (Lipinski definition) is 4. The number of anilines is 5. The number of likely N-dealkylation sites (N-methyl/N-ethyl adjacent to an activating group) is 1. The summed E-state index contributed by atoms with van der Waals surface area (Å²) < 4.78 is 0. The Morgan fingerprint density at radius 3 is 2.69 bits per heavy atom. The maximum absolute atomic E-state index is 12.9. The van der Waals surface area contributed by atoms with Crippen LogP contribution in [0.5, 0.6) is 0 Å². The molecule has 2 amide bonds. The molecule has 1 saturated heterocycles. The number of aromatic nitrogens is 3. The van der Waals surface area contributed by atoms with Crippen LogP contribution in [0.3, 0.4) is 0 Å². The van der Waals surface area contributed by atoms with Gasteiger partial charge < -0.3 is 26.2 Å². The standard InChI is InChI=1S/C23H25ClN8O.3ClH/c1-32(18-6-7-25-12-18)23(33)30-20-5-4-16-9-15(20)3-2-14-8-17(11-26-10-14)29-22-27-13-19(24)21(28-16)31-22;;;/h4-5,8-11,13,18,25H,2-3,6-7,12H2,1H3,(H,30,33)(H2,27,28,29,31);3*1H/t18-;;;/m0.../s1. The zero-order valence-corrected chi connectivity index (χ0v) is 22.7. The summed E-state index contributed by atoms with van der Waals surface area (Å²) in [5.74, 6) is 0.919. The van der Waals surface area contributed by atoms with E-state index < -0.39 is 0 Å². The molecule has 4 N–H and O–H groups in total. The van der Waals surface area contributed by atoms with Crippen molar-refractivity contribution in [3.05, 3.63) is 59.0 Å². The summed E-state index contributed by atoms with van der Waals surface area (Å²) in [6.45, 7) is 1.75. The third kappa shape index (κ3) is 6.80. The fourth-order valence-electron chi connectivity index (χ4n) is 4.09. The SMILES string of the molecule is CN(C(=O)Nc1ccc2cc1CCc1cncc(c1)Nc1ncc(Cl)c(n1)N2)[C@H]1CCNC1.Cl.Cl.Cl. The van der Waals surface area contributed by atoms with Crippen LogP contribution in [0.1, 0.15) is 17.5 Å². The Hall–Kier alpha value is -2.56. The van der Waals surface area contributed by atoms with E-state index in [1.54, 1.807) is 17.3 Å². The van der Waals surface area contributed by atoms with Crippen LogP contribution in [0.2, 0.25) is 5.02 Å². The highest BCUT2D eigenvalue weighted by Crippen LogP contribution is 2.29. The summed E-state index contributed by atoms with van der Waals surface area (Å²) in [6, 6.07) is 7.96. The Balaban J connectivity index is 0.00000152. The second kappa shape index (κ2) is 13.1. The number of pyridine rings is 1. The maximum Gasteiger partial charge on any atom is 0.321 e. The number of fused-ring (bicyclic) bond motifs is 6. The first kappa shape index (κ1) is 29.7. The molecule has 36 heavy (non-hydrogen) atoms. The minimum absolute atomic E-state index is 0. The first-order chi connectivity index (χ1) is 16.0. The van der Waals surface area contributed by atoms with Crippen molar-refractivity contribution in [2.45, 2.75) is 25.3 Å². The molecule has 5 rings (SSSR count). The Kier molecular flexibility index (Phi) is 10.8. The smallest absolute Gasteiger partial charge is 0.321 e. The van der Waals surface area contributed by atoms with Gasteiger partial charge in [-0.2, -0.15) is 4.98 Å². The third-order valence-corrected chi connectivity index (χ3v) is 6.27. The van der Waals surface area contributed by atoms with E-state index in [9.17, 15) is 4.79 Å². The van der Waals surface area contributed by atoms with Gasteiger partial charge in [0.05, 0.1) is 18.1 Å². The number of hydrogen-bond acceptors (Lipinski definition) is 7. The van der Waals surface area contributed by atoms with Gasteiger partial charge in [0.15, 0.2) is 5.82 Å². The molecule has 0 radical (unpaired) electrons. The van der Waals surface area contributed by atoms with E-state index in [-0.39, 0.29) is 49.3 Å².